The van der Waals surface area contributed by atoms with Crippen LogP contribution in [0.1, 0.15) is 52.4 Å². The molecule has 1 aliphatic rings. The van der Waals surface area contributed by atoms with Gasteiger partial charge < -0.3 is 9.64 Å². The highest BCUT2D eigenvalue weighted by Gasteiger charge is 2.32. The van der Waals surface area contributed by atoms with Gasteiger partial charge in [0.1, 0.15) is 11.6 Å². The Bertz CT molecular complexity index is 1780. The zero-order valence-electron chi connectivity index (χ0n) is 25.4. The van der Waals surface area contributed by atoms with Crippen molar-refractivity contribution in [3.8, 4) is 29.4 Å². The minimum Gasteiger partial charge on any atom is -0.496 e. The van der Waals surface area contributed by atoms with Crippen molar-refractivity contribution in [3.63, 3.8) is 0 Å². The van der Waals surface area contributed by atoms with Crippen molar-refractivity contribution in [2.24, 2.45) is 5.92 Å². The number of thiazole rings is 1. The van der Waals surface area contributed by atoms with Crippen molar-refractivity contribution >= 4 is 38.2 Å². The van der Waals surface area contributed by atoms with Crippen molar-refractivity contribution in [3.05, 3.63) is 92.6 Å². The molecule has 1 heterocycles. The second kappa shape index (κ2) is 14.1. The summed E-state index contributed by atoms with van der Waals surface area (Å²) in [5.74, 6) is 3.99. The Morgan fingerprint density at radius 3 is 2.36 bits per heavy atom. The molecule has 1 atom stereocenters. The predicted octanol–water partition coefficient (Wildman–Crippen LogP) is 8.76. The maximum absolute atomic E-state index is 14.5. The Kier molecular flexibility index (Phi) is 10.7. The summed E-state index contributed by atoms with van der Waals surface area (Å²) in [4.78, 5) is 8.13. The topological polar surface area (TPSA) is 79.7 Å². The molecule has 0 bridgehead atoms. The molecule has 6 nitrogen and oxygen atoms in total. The highest BCUT2D eigenvalue weighted by Crippen LogP contribution is 2.44. The molecule has 0 aliphatic heterocycles. The lowest BCUT2D eigenvalue weighted by atomic mass is 9.98. The van der Waals surface area contributed by atoms with Gasteiger partial charge in [0, 0.05) is 10.4 Å². The van der Waals surface area contributed by atoms with Crippen LogP contribution >= 0.6 is 22.9 Å². The molecule has 44 heavy (non-hydrogen) atoms. The number of anilines is 1. The molecule has 5 rings (SSSR count). The van der Waals surface area contributed by atoms with E-state index in [-0.39, 0.29) is 16.8 Å². The average molecular weight is 655 g/mol. The Labute approximate surface area is 268 Å². The number of methoxy groups -OCH3 is 1. The number of rotatable bonds is 9. The van der Waals surface area contributed by atoms with E-state index in [1.807, 2.05) is 45.0 Å². The number of nitrogens with zero attached hydrogens (tertiary/aromatic N) is 2. The van der Waals surface area contributed by atoms with Gasteiger partial charge in [-0.3, -0.25) is 4.55 Å². The summed E-state index contributed by atoms with van der Waals surface area (Å²) in [6.45, 7) is 8.05. The fourth-order valence-electron chi connectivity index (χ4n) is 4.87. The first-order chi connectivity index (χ1) is 20.8. The highest BCUT2D eigenvalue weighted by molar-refractivity contribution is 7.85. The summed E-state index contributed by atoms with van der Waals surface area (Å²) >= 11 is 8.20. The van der Waals surface area contributed by atoms with Gasteiger partial charge in [-0.05, 0) is 87.1 Å². The number of hydrogen-bond donors (Lipinski definition) is 1. The molecule has 1 N–H and O–H groups in total. The average Bonchev–Trinajstić information content (AvgIpc) is 3.72. The van der Waals surface area contributed by atoms with Gasteiger partial charge in [0.2, 0.25) is 0 Å². The maximum Gasteiger partial charge on any atom is 0.294 e. The van der Waals surface area contributed by atoms with Gasteiger partial charge in [0.25, 0.3) is 10.1 Å². The van der Waals surface area contributed by atoms with Gasteiger partial charge in [-0.15, -0.1) is 17.8 Å². The molecule has 10 heteroatoms. The van der Waals surface area contributed by atoms with Gasteiger partial charge in [-0.1, -0.05) is 60.2 Å². The van der Waals surface area contributed by atoms with Crippen LogP contribution in [0.25, 0.3) is 11.3 Å². The molecule has 0 saturated heterocycles. The molecule has 232 valence electrons. The largest absolute Gasteiger partial charge is 0.496 e. The number of halogens is 2. The summed E-state index contributed by atoms with van der Waals surface area (Å²) in [5.41, 5.74) is 5.24. The smallest absolute Gasteiger partial charge is 0.294 e. The number of aromatic nitrogens is 1. The fraction of sp³-hybridized carbons (Fsp3) is 0.324. The fourth-order valence-corrected chi connectivity index (χ4v) is 6.56. The van der Waals surface area contributed by atoms with E-state index in [4.69, 9.17) is 32.3 Å². The Morgan fingerprint density at radius 1 is 1.11 bits per heavy atom. The number of hydrogen-bond acceptors (Lipinski definition) is 6. The van der Waals surface area contributed by atoms with Crippen molar-refractivity contribution < 1.29 is 22.1 Å². The first-order valence-electron chi connectivity index (χ1n) is 14.1. The van der Waals surface area contributed by atoms with E-state index in [0.717, 1.165) is 50.1 Å². The van der Waals surface area contributed by atoms with Crippen LogP contribution in [0.15, 0.2) is 59.5 Å². The summed E-state index contributed by atoms with van der Waals surface area (Å²) in [6.07, 6.45) is 9.13. The molecule has 1 saturated carbocycles. The second-order valence-electron chi connectivity index (χ2n) is 11.0. The predicted molar refractivity (Wildman–Crippen MR) is 177 cm³/mol. The van der Waals surface area contributed by atoms with Crippen LogP contribution in [0.5, 0.6) is 5.75 Å². The van der Waals surface area contributed by atoms with Gasteiger partial charge in [0.15, 0.2) is 5.13 Å². The van der Waals surface area contributed by atoms with Gasteiger partial charge >= 0.3 is 0 Å². The standard InChI is InChI=1S/C27H28ClFN2OS.C7H8O3S/c1-6-11-31(24(13-19-8-9-19)20-10-7-16(2)23(29)14-20)27-30-26(18(4)33-27)21-12-17(3)25(32-5)15-22(21)28;1-6-2-4-7(5-3-6)11(8,9)10/h1,7,10,12,14-15,19,24H,8-9,11,13H2,2-5H3;2-5H,1H3,(H,8,9,10)/t24-;/m0./s1. The first kappa shape index (κ1) is 33.5. The molecule has 1 aromatic heterocycles. The molecule has 0 radical (unpaired) electrons. The first-order valence-corrected chi connectivity index (χ1v) is 16.8. The highest BCUT2D eigenvalue weighted by atomic mass is 35.5. The zero-order valence-corrected chi connectivity index (χ0v) is 27.8. The number of aryl methyl sites for hydroxylation is 4. The van der Waals surface area contributed by atoms with Crippen LogP contribution in [0, 0.1) is 51.8 Å². The van der Waals surface area contributed by atoms with Crippen molar-refractivity contribution in [1.29, 1.82) is 0 Å². The monoisotopic (exact) mass is 654 g/mol. The Balaban J connectivity index is 0.000000339. The molecular weight excluding hydrogens is 619 g/mol. The molecule has 0 amide bonds. The van der Waals surface area contributed by atoms with E-state index < -0.39 is 10.1 Å². The van der Waals surface area contributed by atoms with Gasteiger partial charge in [0.05, 0.1) is 35.3 Å². The molecule has 1 fully saturated rings. The number of benzene rings is 3. The molecule has 0 unspecified atom stereocenters. The van der Waals surface area contributed by atoms with Crippen LogP contribution < -0.4 is 9.64 Å². The van der Waals surface area contributed by atoms with Crippen LogP contribution in [0.2, 0.25) is 5.02 Å². The van der Waals surface area contributed by atoms with E-state index in [1.165, 1.54) is 25.0 Å². The minimum absolute atomic E-state index is 0.0323. The van der Waals surface area contributed by atoms with E-state index >= 15 is 0 Å². The van der Waals surface area contributed by atoms with Gasteiger partial charge in [-0.2, -0.15) is 8.42 Å². The Morgan fingerprint density at radius 2 is 1.80 bits per heavy atom. The minimum atomic E-state index is -4.02. The summed E-state index contributed by atoms with van der Waals surface area (Å²) in [5, 5.41) is 1.42. The van der Waals surface area contributed by atoms with Crippen LogP contribution in [-0.4, -0.2) is 31.6 Å². The third-order valence-electron chi connectivity index (χ3n) is 7.56. The van der Waals surface area contributed by atoms with E-state index in [2.05, 4.69) is 10.8 Å². The van der Waals surface area contributed by atoms with Crippen LogP contribution in [-0.2, 0) is 10.1 Å². The summed E-state index contributed by atoms with van der Waals surface area (Å²) < 4.78 is 49.4. The SMILES string of the molecule is C#CCN(c1nc(-c2cc(C)c(OC)cc2Cl)c(C)s1)[C@@H](CC1CC1)c1ccc(C)c(F)c1.Cc1ccc(S(=O)(=O)O)cc1. The third kappa shape index (κ3) is 8.19. The summed E-state index contributed by atoms with van der Waals surface area (Å²) in [6, 6.07) is 15.3. The second-order valence-corrected chi connectivity index (χ2v) is 14.0. The zero-order chi connectivity index (χ0) is 32.2. The lowest BCUT2D eigenvalue weighted by molar-refractivity contribution is 0.412. The lowest BCUT2D eigenvalue weighted by Gasteiger charge is -2.31. The summed E-state index contributed by atoms with van der Waals surface area (Å²) in [7, 11) is -2.38. The quantitative estimate of drug-likeness (QED) is 0.144. The van der Waals surface area contributed by atoms with E-state index in [0.29, 0.717) is 23.0 Å². The van der Waals surface area contributed by atoms with Crippen LogP contribution in [0.4, 0.5) is 9.52 Å². The molecular formula is C34H36ClFN2O4S2. The molecule has 3 aromatic carbocycles. The van der Waals surface area contributed by atoms with Gasteiger partial charge in [-0.25, -0.2) is 9.37 Å². The maximum atomic E-state index is 14.5. The van der Waals surface area contributed by atoms with Crippen molar-refractivity contribution in [1.82, 2.24) is 4.98 Å². The number of ether oxygens (including phenoxy) is 1. The number of terminal acetylenes is 1. The normalized spacial score (nSPS) is 13.4. The van der Waals surface area contributed by atoms with Crippen molar-refractivity contribution in [2.45, 2.75) is 57.9 Å². The third-order valence-corrected chi connectivity index (χ3v) is 9.75. The molecule has 0 spiro atoms. The van der Waals surface area contributed by atoms with E-state index in [1.54, 1.807) is 43.6 Å². The molecule has 1 aliphatic carbocycles. The van der Waals surface area contributed by atoms with Crippen molar-refractivity contribution in [2.75, 3.05) is 18.6 Å². The lowest BCUT2D eigenvalue weighted by Crippen LogP contribution is -2.29. The van der Waals surface area contributed by atoms with E-state index in [9.17, 15) is 12.8 Å². The van der Waals surface area contributed by atoms with Crippen LogP contribution in [0.3, 0.4) is 0 Å². The molecule has 4 aromatic rings. The Hall–Kier alpha value is -3.42.